The van der Waals surface area contributed by atoms with Crippen LogP contribution in [0.2, 0.25) is 0 Å². The van der Waals surface area contributed by atoms with Crippen molar-refractivity contribution < 1.29 is 13.2 Å². The maximum Gasteiger partial charge on any atom is 0.407 e. The molecular weight excluding hydrogens is 373 g/mol. The second-order valence-corrected chi connectivity index (χ2v) is 7.69. The minimum atomic E-state index is -4.55. The van der Waals surface area contributed by atoms with Gasteiger partial charge in [0, 0.05) is 12.2 Å². The van der Waals surface area contributed by atoms with Crippen LogP contribution in [0.1, 0.15) is 36.9 Å². The highest BCUT2D eigenvalue weighted by Crippen LogP contribution is 2.42. The molecule has 1 atom stereocenters. The van der Waals surface area contributed by atoms with Gasteiger partial charge in [-0.05, 0) is 60.2 Å². The minimum Gasteiger partial charge on any atom is -0.365 e. The highest BCUT2D eigenvalue weighted by molar-refractivity contribution is 5.83. The van der Waals surface area contributed by atoms with Crippen molar-refractivity contribution in [3.05, 3.63) is 83.2 Å². The molecule has 4 rings (SSSR count). The zero-order valence-corrected chi connectivity index (χ0v) is 16.1. The second-order valence-electron chi connectivity index (χ2n) is 7.69. The highest BCUT2D eigenvalue weighted by atomic mass is 19.4. The first-order chi connectivity index (χ1) is 13.9. The van der Waals surface area contributed by atoms with Gasteiger partial charge in [-0.3, -0.25) is 0 Å². The second kappa shape index (κ2) is 7.44. The van der Waals surface area contributed by atoms with E-state index in [0.717, 1.165) is 35.2 Å². The van der Waals surface area contributed by atoms with Crippen LogP contribution in [-0.4, -0.2) is 6.54 Å². The van der Waals surface area contributed by atoms with E-state index in [9.17, 15) is 13.2 Å². The van der Waals surface area contributed by atoms with Gasteiger partial charge in [0.05, 0.1) is 18.2 Å². The van der Waals surface area contributed by atoms with Crippen molar-refractivity contribution in [2.45, 2.75) is 32.0 Å². The predicted molar refractivity (Wildman–Crippen MR) is 110 cm³/mol. The van der Waals surface area contributed by atoms with Crippen molar-refractivity contribution >= 4 is 22.1 Å². The molecule has 1 saturated carbocycles. The molecule has 29 heavy (non-hydrogen) atoms. The van der Waals surface area contributed by atoms with Gasteiger partial charge in [0.2, 0.25) is 0 Å². The number of nitrogens with zero attached hydrogens (tertiary/aromatic N) is 2. The number of hydrogen-bond acceptors (Lipinski definition) is 1. The smallest absolute Gasteiger partial charge is 0.365 e. The van der Waals surface area contributed by atoms with Gasteiger partial charge in [-0.25, -0.2) is 4.85 Å². The lowest BCUT2D eigenvalue weighted by Crippen LogP contribution is -2.29. The number of benzene rings is 3. The third-order valence-electron chi connectivity index (χ3n) is 5.61. The molecule has 0 unspecified atom stereocenters. The van der Waals surface area contributed by atoms with Crippen molar-refractivity contribution in [2.75, 3.05) is 11.4 Å². The number of rotatable bonds is 5. The lowest BCUT2D eigenvalue weighted by Gasteiger charge is -2.33. The Morgan fingerprint density at radius 3 is 2.41 bits per heavy atom. The van der Waals surface area contributed by atoms with Gasteiger partial charge < -0.3 is 4.90 Å². The van der Waals surface area contributed by atoms with Gasteiger partial charge in [0.1, 0.15) is 0 Å². The Bertz CT molecular complexity index is 1080. The van der Waals surface area contributed by atoms with Crippen LogP contribution in [0.15, 0.2) is 60.7 Å². The van der Waals surface area contributed by atoms with Crippen molar-refractivity contribution in [2.24, 2.45) is 5.92 Å². The molecule has 1 aliphatic carbocycles. The third kappa shape index (κ3) is 4.07. The quantitative estimate of drug-likeness (QED) is 0.410. The van der Waals surface area contributed by atoms with E-state index in [0.29, 0.717) is 18.2 Å². The summed E-state index contributed by atoms with van der Waals surface area (Å²) in [5, 5.41) is 2.25. The first kappa shape index (κ1) is 19.3. The normalized spacial score (nSPS) is 15.1. The van der Waals surface area contributed by atoms with Gasteiger partial charge in [-0.2, -0.15) is 13.2 Å². The molecule has 0 aliphatic heterocycles. The van der Waals surface area contributed by atoms with E-state index in [2.05, 4.69) is 17.0 Å². The zero-order chi connectivity index (χ0) is 20.6. The summed E-state index contributed by atoms with van der Waals surface area (Å²) in [6.45, 7) is 9.81. The molecule has 0 aromatic heterocycles. The summed E-state index contributed by atoms with van der Waals surface area (Å²) in [7, 11) is 0. The Balaban J connectivity index is 1.75. The highest BCUT2D eigenvalue weighted by Gasteiger charge is 2.35. The van der Waals surface area contributed by atoms with Crippen LogP contribution in [-0.2, 0) is 6.18 Å². The molecule has 1 aliphatic rings. The van der Waals surface area contributed by atoms with Gasteiger partial charge >= 0.3 is 6.18 Å². The summed E-state index contributed by atoms with van der Waals surface area (Å²) >= 11 is 0. The van der Waals surface area contributed by atoms with Crippen LogP contribution in [0.3, 0.4) is 0 Å². The van der Waals surface area contributed by atoms with Crippen LogP contribution in [0.5, 0.6) is 0 Å². The minimum absolute atomic E-state index is 0.0833. The van der Waals surface area contributed by atoms with Crippen molar-refractivity contribution in [1.29, 1.82) is 0 Å². The first-order valence-corrected chi connectivity index (χ1v) is 9.71. The SMILES string of the molecule is [C-]#[N+]c1ccc(N(CC2CC2)[C@H](C)c2ccc3ccccc3c2)cc1C(F)(F)F. The van der Waals surface area contributed by atoms with E-state index in [1.54, 1.807) is 6.07 Å². The molecule has 0 bridgehead atoms. The van der Waals surface area contributed by atoms with Gasteiger partial charge in [0.25, 0.3) is 0 Å². The Hall–Kier alpha value is -3.00. The molecule has 3 aromatic rings. The van der Waals surface area contributed by atoms with E-state index in [1.807, 2.05) is 42.2 Å². The number of fused-ring (bicyclic) bond motifs is 1. The fourth-order valence-corrected chi connectivity index (χ4v) is 3.74. The molecule has 5 heteroatoms. The number of halogens is 3. The average molecular weight is 394 g/mol. The van der Waals surface area contributed by atoms with E-state index in [4.69, 9.17) is 6.57 Å². The largest absolute Gasteiger partial charge is 0.407 e. The van der Waals surface area contributed by atoms with Crippen molar-refractivity contribution in [1.82, 2.24) is 0 Å². The van der Waals surface area contributed by atoms with Crippen LogP contribution in [0.25, 0.3) is 15.6 Å². The van der Waals surface area contributed by atoms with Crippen molar-refractivity contribution in [3.8, 4) is 0 Å². The molecule has 148 valence electrons. The maximum atomic E-state index is 13.5. The Kier molecular flexibility index (Phi) is 4.96. The lowest BCUT2D eigenvalue weighted by molar-refractivity contribution is -0.136. The van der Waals surface area contributed by atoms with Crippen LogP contribution >= 0.6 is 0 Å². The molecule has 2 nitrogen and oxygen atoms in total. The van der Waals surface area contributed by atoms with Crippen molar-refractivity contribution in [3.63, 3.8) is 0 Å². The summed E-state index contributed by atoms with van der Waals surface area (Å²) in [5.41, 5.74) is 0.354. The number of anilines is 1. The predicted octanol–water partition coefficient (Wildman–Crippen LogP) is 7.39. The van der Waals surface area contributed by atoms with Crippen LogP contribution in [0, 0.1) is 12.5 Å². The van der Waals surface area contributed by atoms with Crippen LogP contribution in [0.4, 0.5) is 24.5 Å². The summed E-state index contributed by atoms with van der Waals surface area (Å²) in [6, 6.07) is 18.3. The Morgan fingerprint density at radius 1 is 1.03 bits per heavy atom. The molecule has 0 amide bonds. The molecule has 0 saturated heterocycles. The molecule has 3 aromatic carbocycles. The fourth-order valence-electron chi connectivity index (χ4n) is 3.74. The first-order valence-electron chi connectivity index (χ1n) is 9.71. The Labute approximate surface area is 168 Å². The topological polar surface area (TPSA) is 7.60 Å². The van der Waals surface area contributed by atoms with Crippen LogP contribution < -0.4 is 4.90 Å². The zero-order valence-electron chi connectivity index (χ0n) is 16.1. The molecule has 0 radical (unpaired) electrons. The molecule has 1 fully saturated rings. The third-order valence-corrected chi connectivity index (χ3v) is 5.61. The molecule has 0 spiro atoms. The molecule has 0 N–H and O–H groups in total. The van der Waals surface area contributed by atoms with E-state index in [-0.39, 0.29) is 11.7 Å². The fraction of sp³-hybridized carbons (Fsp3) is 0.292. The lowest BCUT2D eigenvalue weighted by atomic mass is 10.0. The summed E-state index contributed by atoms with van der Waals surface area (Å²) in [4.78, 5) is 5.11. The summed E-state index contributed by atoms with van der Waals surface area (Å²) < 4.78 is 40.5. The maximum absolute atomic E-state index is 13.5. The van der Waals surface area contributed by atoms with E-state index >= 15 is 0 Å². The standard InChI is InChI=1S/C24H21F3N2/c1-16(19-10-9-18-5-3-4-6-20(18)13-19)29(15-17-7-8-17)21-11-12-23(28-2)22(14-21)24(25,26)27/h3-6,9-14,16-17H,7-8,15H2,1H3/t16-/m1/s1. The van der Waals surface area contributed by atoms with E-state index < -0.39 is 11.7 Å². The average Bonchev–Trinajstić information content (AvgIpc) is 3.54. The monoisotopic (exact) mass is 394 g/mol. The molecular formula is C24H21F3N2. The summed E-state index contributed by atoms with van der Waals surface area (Å²) in [6.07, 6.45) is -2.34. The summed E-state index contributed by atoms with van der Waals surface area (Å²) in [5.74, 6) is 0.507. The Morgan fingerprint density at radius 2 is 1.76 bits per heavy atom. The number of alkyl halides is 3. The van der Waals surface area contributed by atoms with Gasteiger partial charge in [-0.1, -0.05) is 42.5 Å². The van der Waals surface area contributed by atoms with Gasteiger partial charge in [0.15, 0.2) is 5.69 Å². The molecule has 0 heterocycles. The number of hydrogen-bond donors (Lipinski definition) is 0. The van der Waals surface area contributed by atoms with Gasteiger partial charge in [-0.15, -0.1) is 0 Å². The van der Waals surface area contributed by atoms with E-state index in [1.165, 1.54) is 6.07 Å².